The number of primary amides is 1. The number of likely N-dealkylation sites (tertiary alicyclic amines) is 1. The molecule has 21 heavy (non-hydrogen) atoms. The second kappa shape index (κ2) is 6.80. The summed E-state index contributed by atoms with van der Waals surface area (Å²) in [7, 11) is 0. The predicted molar refractivity (Wildman–Crippen MR) is 83.8 cm³/mol. The van der Waals surface area contributed by atoms with Crippen LogP contribution >= 0.6 is 0 Å². The van der Waals surface area contributed by atoms with Crippen LogP contribution in [-0.4, -0.2) is 30.0 Å². The fourth-order valence-corrected chi connectivity index (χ4v) is 2.87. The maximum Gasteiger partial charge on any atom is 0.221 e. The Morgan fingerprint density at radius 3 is 2.86 bits per heavy atom. The van der Waals surface area contributed by atoms with Crippen LogP contribution in [0.5, 0.6) is 5.75 Å². The van der Waals surface area contributed by atoms with Gasteiger partial charge in [-0.15, -0.1) is 0 Å². The van der Waals surface area contributed by atoms with Crippen LogP contribution in [-0.2, 0) is 11.3 Å². The lowest BCUT2D eigenvalue weighted by atomic mass is 9.92. The third-order valence-electron chi connectivity index (χ3n) is 4.17. The number of anilines is 1. The zero-order chi connectivity index (χ0) is 15.4. The molecule has 1 aliphatic rings. The quantitative estimate of drug-likeness (QED) is 0.810. The molecule has 0 aliphatic carbocycles. The summed E-state index contributed by atoms with van der Waals surface area (Å²) in [6.07, 6.45) is 1.86. The Morgan fingerprint density at radius 1 is 1.43 bits per heavy atom. The molecule has 0 bridgehead atoms. The first-order chi connectivity index (χ1) is 10.0. The molecule has 5 nitrogen and oxygen atoms in total. The Morgan fingerprint density at radius 2 is 2.19 bits per heavy atom. The van der Waals surface area contributed by atoms with E-state index in [1.807, 2.05) is 25.1 Å². The van der Waals surface area contributed by atoms with Gasteiger partial charge >= 0.3 is 0 Å². The molecule has 0 saturated carbocycles. The predicted octanol–water partition coefficient (Wildman–Crippen LogP) is 1.75. The largest absolute Gasteiger partial charge is 0.494 e. The third kappa shape index (κ3) is 3.88. The topological polar surface area (TPSA) is 81.6 Å². The van der Waals surface area contributed by atoms with Gasteiger partial charge < -0.3 is 16.2 Å². The second-order valence-corrected chi connectivity index (χ2v) is 5.76. The minimum absolute atomic E-state index is 0.0576. The molecule has 1 fully saturated rings. The molecule has 1 heterocycles. The van der Waals surface area contributed by atoms with Gasteiger partial charge in [0.25, 0.3) is 0 Å². The van der Waals surface area contributed by atoms with E-state index in [1.165, 1.54) is 0 Å². The monoisotopic (exact) mass is 291 g/mol. The van der Waals surface area contributed by atoms with Crippen molar-refractivity contribution in [2.75, 3.05) is 18.9 Å². The lowest BCUT2D eigenvalue weighted by Gasteiger charge is -2.37. The van der Waals surface area contributed by atoms with Crippen LogP contribution < -0.4 is 16.2 Å². The molecule has 2 unspecified atom stereocenters. The number of carbonyl (C=O) groups is 1. The Kier molecular flexibility index (Phi) is 5.07. The van der Waals surface area contributed by atoms with Gasteiger partial charge in [0.15, 0.2) is 0 Å². The Balaban J connectivity index is 2.15. The molecule has 116 valence electrons. The van der Waals surface area contributed by atoms with Crippen molar-refractivity contribution in [2.24, 2.45) is 11.7 Å². The number of ether oxygens (including phenoxy) is 1. The molecule has 0 radical (unpaired) electrons. The van der Waals surface area contributed by atoms with Gasteiger partial charge in [0.05, 0.1) is 12.5 Å². The zero-order valence-electron chi connectivity index (χ0n) is 12.8. The molecule has 1 amide bonds. The van der Waals surface area contributed by atoms with Crippen molar-refractivity contribution in [1.82, 2.24) is 4.90 Å². The molecular weight excluding hydrogens is 266 g/mol. The fraction of sp³-hybridized carbons (Fsp3) is 0.562. The summed E-state index contributed by atoms with van der Waals surface area (Å²) >= 11 is 0. The van der Waals surface area contributed by atoms with Gasteiger partial charge in [-0.2, -0.15) is 0 Å². The summed E-state index contributed by atoms with van der Waals surface area (Å²) in [5, 5.41) is 0. The van der Waals surface area contributed by atoms with Gasteiger partial charge in [0.2, 0.25) is 5.91 Å². The van der Waals surface area contributed by atoms with Gasteiger partial charge in [-0.05, 0) is 44.9 Å². The van der Waals surface area contributed by atoms with Gasteiger partial charge in [0, 0.05) is 30.4 Å². The van der Waals surface area contributed by atoms with Crippen LogP contribution in [0, 0.1) is 5.92 Å². The highest BCUT2D eigenvalue weighted by atomic mass is 16.5. The first-order valence-electron chi connectivity index (χ1n) is 7.55. The summed E-state index contributed by atoms with van der Waals surface area (Å²) in [4.78, 5) is 13.7. The van der Waals surface area contributed by atoms with Gasteiger partial charge in [-0.1, -0.05) is 0 Å². The van der Waals surface area contributed by atoms with Crippen LogP contribution in [0.4, 0.5) is 5.69 Å². The van der Waals surface area contributed by atoms with E-state index >= 15 is 0 Å². The summed E-state index contributed by atoms with van der Waals surface area (Å²) in [6.45, 7) is 6.20. The SMILES string of the molecule is CCOc1ccc(N)cc1CN1CC(C(N)=O)CCC1C. The molecular formula is C16H25N3O2. The lowest BCUT2D eigenvalue weighted by Crippen LogP contribution is -2.45. The molecule has 4 N–H and O–H groups in total. The van der Waals surface area contributed by atoms with E-state index in [9.17, 15) is 4.79 Å². The van der Waals surface area contributed by atoms with Crippen molar-refractivity contribution in [1.29, 1.82) is 0 Å². The number of nitrogen functional groups attached to an aromatic ring is 1. The summed E-state index contributed by atoms with van der Waals surface area (Å²) in [6, 6.07) is 6.14. The molecule has 1 aromatic carbocycles. The van der Waals surface area contributed by atoms with Crippen LogP contribution in [0.3, 0.4) is 0 Å². The number of piperidine rings is 1. The van der Waals surface area contributed by atoms with E-state index in [4.69, 9.17) is 16.2 Å². The average molecular weight is 291 g/mol. The highest BCUT2D eigenvalue weighted by Crippen LogP contribution is 2.28. The molecule has 0 aromatic heterocycles. The first kappa shape index (κ1) is 15.6. The van der Waals surface area contributed by atoms with E-state index in [0.717, 1.165) is 36.4 Å². The number of nitrogens with zero attached hydrogens (tertiary/aromatic N) is 1. The molecule has 5 heteroatoms. The van der Waals surface area contributed by atoms with E-state index < -0.39 is 0 Å². The van der Waals surface area contributed by atoms with Gasteiger partial charge in [-0.3, -0.25) is 9.69 Å². The molecule has 1 aliphatic heterocycles. The first-order valence-corrected chi connectivity index (χ1v) is 7.55. The van der Waals surface area contributed by atoms with Crippen LogP contribution in [0.15, 0.2) is 18.2 Å². The third-order valence-corrected chi connectivity index (χ3v) is 4.17. The maximum atomic E-state index is 11.4. The van der Waals surface area contributed by atoms with Gasteiger partial charge in [-0.25, -0.2) is 0 Å². The van der Waals surface area contributed by atoms with Crippen molar-refractivity contribution in [2.45, 2.75) is 39.3 Å². The highest BCUT2D eigenvalue weighted by molar-refractivity contribution is 5.77. The lowest BCUT2D eigenvalue weighted by molar-refractivity contribution is -0.124. The number of benzene rings is 1. The number of amides is 1. The minimum Gasteiger partial charge on any atom is -0.494 e. The second-order valence-electron chi connectivity index (χ2n) is 5.76. The average Bonchev–Trinajstić information content (AvgIpc) is 2.44. The molecule has 1 aromatic rings. The fourth-order valence-electron chi connectivity index (χ4n) is 2.87. The van der Waals surface area contributed by atoms with Crippen molar-refractivity contribution < 1.29 is 9.53 Å². The van der Waals surface area contributed by atoms with Crippen molar-refractivity contribution in [3.63, 3.8) is 0 Å². The smallest absolute Gasteiger partial charge is 0.221 e. The maximum absolute atomic E-state index is 11.4. The standard InChI is InChI=1S/C16H25N3O2/c1-3-21-15-7-6-14(17)8-13(15)10-19-9-12(16(18)20)5-4-11(19)2/h6-8,11-12H,3-5,9-10,17H2,1-2H3,(H2,18,20). The minimum atomic E-state index is -0.204. The van der Waals surface area contributed by atoms with E-state index in [-0.39, 0.29) is 11.8 Å². The molecule has 2 atom stereocenters. The summed E-state index contributed by atoms with van der Waals surface area (Å²) in [5.74, 6) is 0.599. The van der Waals surface area contributed by atoms with Crippen LogP contribution in [0.25, 0.3) is 0 Å². The molecule has 2 rings (SSSR count). The Bertz CT molecular complexity index is 504. The van der Waals surface area contributed by atoms with Crippen molar-refractivity contribution >= 4 is 11.6 Å². The van der Waals surface area contributed by atoms with E-state index in [2.05, 4.69) is 11.8 Å². The Labute approximate surface area is 126 Å². The van der Waals surface area contributed by atoms with Crippen LogP contribution in [0.2, 0.25) is 0 Å². The van der Waals surface area contributed by atoms with E-state index in [0.29, 0.717) is 19.2 Å². The van der Waals surface area contributed by atoms with Crippen molar-refractivity contribution in [3.8, 4) is 5.75 Å². The van der Waals surface area contributed by atoms with Gasteiger partial charge in [0.1, 0.15) is 5.75 Å². The molecule has 1 saturated heterocycles. The zero-order valence-corrected chi connectivity index (χ0v) is 12.8. The number of hydrogen-bond donors (Lipinski definition) is 2. The number of carbonyl (C=O) groups excluding carboxylic acids is 1. The highest BCUT2D eigenvalue weighted by Gasteiger charge is 2.29. The summed E-state index contributed by atoms with van der Waals surface area (Å²) in [5.41, 5.74) is 13.1. The van der Waals surface area contributed by atoms with Crippen molar-refractivity contribution in [3.05, 3.63) is 23.8 Å². The number of nitrogens with two attached hydrogens (primary N) is 2. The number of rotatable bonds is 5. The Hall–Kier alpha value is -1.75. The number of hydrogen-bond acceptors (Lipinski definition) is 4. The summed E-state index contributed by atoms with van der Waals surface area (Å²) < 4.78 is 5.67. The van der Waals surface area contributed by atoms with Crippen LogP contribution in [0.1, 0.15) is 32.3 Å². The van der Waals surface area contributed by atoms with E-state index in [1.54, 1.807) is 0 Å². The molecule has 0 spiro atoms. The normalized spacial score (nSPS) is 23.0.